The van der Waals surface area contributed by atoms with E-state index in [9.17, 15) is 10.1 Å². The van der Waals surface area contributed by atoms with Crippen molar-refractivity contribution in [2.75, 3.05) is 19.8 Å². The van der Waals surface area contributed by atoms with Crippen LogP contribution in [0, 0.1) is 10.1 Å². The lowest BCUT2D eigenvalue weighted by Gasteiger charge is -2.19. The van der Waals surface area contributed by atoms with Gasteiger partial charge in [-0.25, -0.2) is 0 Å². The minimum atomic E-state index is -0.404. The van der Waals surface area contributed by atoms with Gasteiger partial charge in [0.05, 0.1) is 4.92 Å². The van der Waals surface area contributed by atoms with Crippen LogP contribution < -0.4 is 14.8 Å². The monoisotopic (exact) mass is 264 g/mol. The number of benzene rings is 1. The summed E-state index contributed by atoms with van der Waals surface area (Å²) in [6.07, 6.45) is 3.07. The average Bonchev–Trinajstić information content (AvgIpc) is 2.90. The van der Waals surface area contributed by atoms with Crippen LogP contribution in [0.5, 0.6) is 11.5 Å². The van der Waals surface area contributed by atoms with Crippen LogP contribution in [-0.4, -0.2) is 30.7 Å². The first-order valence-corrected chi connectivity index (χ1v) is 6.54. The first-order chi connectivity index (χ1) is 9.24. The van der Waals surface area contributed by atoms with Crippen molar-refractivity contribution in [1.82, 2.24) is 5.32 Å². The van der Waals surface area contributed by atoms with E-state index >= 15 is 0 Å². The van der Waals surface area contributed by atoms with Crippen molar-refractivity contribution in [1.29, 1.82) is 0 Å². The van der Waals surface area contributed by atoms with Gasteiger partial charge in [-0.15, -0.1) is 0 Å². The highest BCUT2D eigenvalue weighted by molar-refractivity contribution is 5.58. The van der Waals surface area contributed by atoms with Gasteiger partial charge in [0, 0.05) is 12.1 Å². The Balaban J connectivity index is 1.91. The summed E-state index contributed by atoms with van der Waals surface area (Å²) in [7, 11) is 0. The van der Waals surface area contributed by atoms with Gasteiger partial charge < -0.3 is 14.8 Å². The number of fused-ring (bicyclic) bond motifs is 1. The fourth-order valence-corrected chi connectivity index (χ4v) is 2.66. The van der Waals surface area contributed by atoms with Crippen molar-refractivity contribution in [3.8, 4) is 11.5 Å². The Hall–Kier alpha value is -1.82. The fraction of sp³-hybridized carbons (Fsp3) is 0.538. The molecule has 1 fully saturated rings. The van der Waals surface area contributed by atoms with E-state index in [-0.39, 0.29) is 11.4 Å². The molecule has 6 heteroatoms. The largest absolute Gasteiger partial charge is 0.486 e. The number of nitrogens with zero attached hydrogens (tertiary/aromatic N) is 1. The summed E-state index contributed by atoms with van der Waals surface area (Å²) in [5.74, 6) is 0.757. The van der Waals surface area contributed by atoms with Gasteiger partial charge in [-0.05, 0) is 37.4 Å². The van der Waals surface area contributed by atoms with Crippen LogP contribution in [0.4, 0.5) is 5.69 Å². The molecule has 2 aliphatic rings. The third-order valence-electron chi connectivity index (χ3n) is 3.52. The molecular formula is C13H16N2O4. The lowest BCUT2D eigenvalue weighted by Crippen LogP contribution is -2.24. The Kier molecular flexibility index (Phi) is 3.25. The van der Waals surface area contributed by atoms with Crippen LogP contribution in [0.15, 0.2) is 12.1 Å². The topological polar surface area (TPSA) is 73.6 Å². The molecule has 0 saturated carbocycles. The third-order valence-corrected chi connectivity index (χ3v) is 3.52. The molecule has 0 amide bonds. The van der Waals surface area contributed by atoms with E-state index in [4.69, 9.17) is 9.47 Å². The summed E-state index contributed by atoms with van der Waals surface area (Å²) in [5, 5.41) is 14.5. The maximum absolute atomic E-state index is 11.1. The van der Waals surface area contributed by atoms with E-state index < -0.39 is 4.92 Å². The number of nitro groups is 1. The molecule has 1 saturated heterocycles. The predicted octanol–water partition coefficient (Wildman–Crippen LogP) is 1.66. The molecule has 102 valence electrons. The van der Waals surface area contributed by atoms with Crippen molar-refractivity contribution < 1.29 is 14.4 Å². The van der Waals surface area contributed by atoms with Gasteiger partial charge in [-0.2, -0.15) is 0 Å². The van der Waals surface area contributed by atoms with E-state index in [1.165, 1.54) is 0 Å². The Morgan fingerprint density at radius 3 is 2.95 bits per heavy atom. The van der Waals surface area contributed by atoms with E-state index in [0.717, 1.165) is 31.4 Å². The molecule has 1 atom stereocenters. The summed E-state index contributed by atoms with van der Waals surface area (Å²) in [4.78, 5) is 10.7. The Bertz CT molecular complexity index is 498. The number of ether oxygens (including phenoxy) is 2. The van der Waals surface area contributed by atoms with Gasteiger partial charge in [-0.1, -0.05) is 0 Å². The van der Waals surface area contributed by atoms with E-state index in [2.05, 4.69) is 5.32 Å². The molecule has 2 heterocycles. The standard InChI is InChI=1S/C13H16N2O4/c16-15(17)11-7-9(6-10-2-1-3-14-10)8-12-13(11)19-5-4-18-12/h7-8,10,14H,1-6H2. The molecule has 19 heavy (non-hydrogen) atoms. The second-order valence-electron chi connectivity index (χ2n) is 4.89. The van der Waals surface area contributed by atoms with Gasteiger partial charge in [0.25, 0.3) is 0 Å². The maximum atomic E-state index is 11.1. The SMILES string of the molecule is O=[N+]([O-])c1cc(CC2CCCN2)cc2c1OCCO2. The molecule has 6 nitrogen and oxygen atoms in total. The van der Waals surface area contributed by atoms with Gasteiger partial charge in [-0.3, -0.25) is 10.1 Å². The number of nitro benzene ring substituents is 1. The Morgan fingerprint density at radius 2 is 2.21 bits per heavy atom. The molecule has 1 aromatic rings. The first kappa shape index (κ1) is 12.2. The summed E-state index contributed by atoms with van der Waals surface area (Å²) in [5.41, 5.74) is 0.931. The zero-order valence-electron chi connectivity index (χ0n) is 10.6. The van der Waals surface area contributed by atoms with Crippen LogP contribution in [0.1, 0.15) is 18.4 Å². The first-order valence-electron chi connectivity index (χ1n) is 6.54. The molecule has 0 aliphatic carbocycles. The average molecular weight is 264 g/mol. The molecule has 3 rings (SSSR count). The minimum absolute atomic E-state index is 0.00481. The van der Waals surface area contributed by atoms with Crippen LogP contribution in [0.3, 0.4) is 0 Å². The van der Waals surface area contributed by atoms with Gasteiger partial charge in [0.15, 0.2) is 5.75 Å². The van der Waals surface area contributed by atoms with Crippen LogP contribution in [-0.2, 0) is 6.42 Å². The van der Waals surface area contributed by atoms with Gasteiger partial charge in [0.2, 0.25) is 5.75 Å². The molecule has 2 aliphatic heterocycles. The summed E-state index contributed by atoms with van der Waals surface area (Å²) < 4.78 is 10.8. The van der Waals surface area contributed by atoms with Gasteiger partial charge in [0.1, 0.15) is 13.2 Å². The highest BCUT2D eigenvalue weighted by Gasteiger charge is 2.26. The predicted molar refractivity (Wildman–Crippen MR) is 68.8 cm³/mol. The highest BCUT2D eigenvalue weighted by Crippen LogP contribution is 2.40. The molecule has 1 N–H and O–H groups in total. The molecule has 1 aromatic carbocycles. The van der Waals surface area contributed by atoms with Crippen LogP contribution >= 0.6 is 0 Å². The summed E-state index contributed by atoms with van der Waals surface area (Å²) in [6.45, 7) is 1.82. The number of hydrogen-bond donors (Lipinski definition) is 1. The zero-order chi connectivity index (χ0) is 13.2. The normalized spacial score (nSPS) is 21.4. The number of nitrogens with one attached hydrogen (secondary N) is 1. The van der Waals surface area contributed by atoms with Crippen molar-refractivity contribution in [2.45, 2.75) is 25.3 Å². The smallest absolute Gasteiger partial charge is 0.315 e. The van der Waals surface area contributed by atoms with E-state index in [1.54, 1.807) is 6.07 Å². The summed E-state index contributed by atoms with van der Waals surface area (Å²) in [6, 6.07) is 3.87. The molecule has 1 unspecified atom stereocenters. The quantitative estimate of drug-likeness (QED) is 0.664. The molecule has 0 aromatic heterocycles. The van der Waals surface area contributed by atoms with Crippen molar-refractivity contribution in [3.05, 3.63) is 27.8 Å². The molecular weight excluding hydrogens is 248 g/mol. The minimum Gasteiger partial charge on any atom is -0.486 e. The molecule has 0 spiro atoms. The number of hydrogen-bond acceptors (Lipinski definition) is 5. The van der Waals surface area contributed by atoms with Crippen LogP contribution in [0.2, 0.25) is 0 Å². The fourth-order valence-electron chi connectivity index (χ4n) is 2.66. The van der Waals surface area contributed by atoms with Crippen molar-refractivity contribution >= 4 is 5.69 Å². The zero-order valence-corrected chi connectivity index (χ0v) is 10.6. The number of rotatable bonds is 3. The second-order valence-corrected chi connectivity index (χ2v) is 4.89. The van der Waals surface area contributed by atoms with Crippen LogP contribution in [0.25, 0.3) is 0 Å². The molecule has 0 radical (unpaired) electrons. The maximum Gasteiger partial charge on any atom is 0.315 e. The van der Waals surface area contributed by atoms with E-state index in [1.807, 2.05) is 6.07 Å². The summed E-state index contributed by atoms with van der Waals surface area (Å²) >= 11 is 0. The third kappa shape index (κ3) is 2.49. The van der Waals surface area contributed by atoms with Crippen molar-refractivity contribution in [3.63, 3.8) is 0 Å². The molecule has 0 bridgehead atoms. The van der Waals surface area contributed by atoms with Gasteiger partial charge >= 0.3 is 5.69 Å². The lowest BCUT2D eigenvalue weighted by molar-refractivity contribution is -0.386. The lowest BCUT2D eigenvalue weighted by atomic mass is 10.0. The Labute approximate surface area is 110 Å². The second kappa shape index (κ2) is 5.05. The van der Waals surface area contributed by atoms with E-state index in [0.29, 0.717) is 25.0 Å². The van der Waals surface area contributed by atoms with Crippen molar-refractivity contribution in [2.24, 2.45) is 0 Å². The highest BCUT2D eigenvalue weighted by atomic mass is 16.6. The Morgan fingerprint density at radius 1 is 1.37 bits per heavy atom.